The van der Waals surface area contributed by atoms with Crippen molar-refractivity contribution in [2.75, 3.05) is 24.6 Å². The SMILES string of the molecule is CC1CNCC(CO)N1c1ccc(C#N)cc1. The van der Waals surface area contributed by atoms with Crippen LogP contribution in [0.5, 0.6) is 0 Å². The van der Waals surface area contributed by atoms with Gasteiger partial charge in [0.15, 0.2) is 0 Å². The number of anilines is 1. The van der Waals surface area contributed by atoms with E-state index in [0.717, 1.165) is 18.8 Å². The minimum Gasteiger partial charge on any atom is -0.394 e. The molecule has 4 heteroatoms. The molecule has 1 saturated heterocycles. The predicted octanol–water partition coefficient (Wildman–Crippen LogP) is 0.717. The summed E-state index contributed by atoms with van der Waals surface area (Å²) >= 11 is 0. The lowest BCUT2D eigenvalue weighted by Gasteiger charge is -2.42. The fourth-order valence-electron chi connectivity index (χ4n) is 2.34. The Labute approximate surface area is 101 Å². The zero-order valence-electron chi connectivity index (χ0n) is 9.93. The van der Waals surface area contributed by atoms with Crippen LogP contribution in [0.2, 0.25) is 0 Å². The summed E-state index contributed by atoms with van der Waals surface area (Å²) in [7, 11) is 0. The molecule has 2 N–H and O–H groups in total. The number of rotatable bonds is 2. The number of aliphatic hydroxyl groups is 1. The number of hydrogen-bond donors (Lipinski definition) is 2. The van der Waals surface area contributed by atoms with Gasteiger partial charge in [-0.1, -0.05) is 0 Å². The molecule has 1 aromatic carbocycles. The second kappa shape index (κ2) is 5.17. The van der Waals surface area contributed by atoms with Gasteiger partial charge in [-0.05, 0) is 31.2 Å². The van der Waals surface area contributed by atoms with Gasteiger partial charge in [0.1, 0.15) is 0 Å². The van der Waals surface area contributed by atoms with Crippen LogP contribution in [0.25, 0.3) is 0 Å². The summed E-state index contributed by atoms with van der Waals surface area (Å²) in [5.74, 6) is 0. The second-order valence-corrected chi connectivity index (χ2v) is 4.41. The lowest BCUT2D eigenvalue weighted by atomic mass is 10.1. The Morgan fingerprint density at radius 3 is 2.71 bits per heavy atom. The van der Waals surface area contributed by atoms with E-state index in [0.29, 0.717) is 11.6 Å². The van der Waals surface area contributed by atoms with Crippen molar-refractivity contribution in [1.82, 2.24) is 5.32 Å². The Kier molecular flexibility index (Phi) is 3.62. The van der Waals surface area contributed by atoms with Crippen LogP contribution in [0.1, 0.15) is 12.5 Å². The average molecular weight is 231 g/mol. The summed E-state index contributed by atoms with van der Waals surface area (Å²) in [6.07, 6.45) is 0. The molecule has 0 aromatic heterocycles. The number of piperazine rings is 1. The molecular weight excluding hydrogens is 214 g/mol. The van der Waals surface area contributed by atoms with Gasteiger partial charge in [0, 0.05) is 24.8 Å². The van der Waals surface area contributed by atoms with E-state index in [2.05, 4.69) is 23.2 Å². The van der Waals surface area contributed by atoms with Gasteiger partial charge < -0.3 is 15.3 Å². The summed E-state index contributed by atoms with van der Waals surface area (Å²) in [5, 5.41) is 21.5. The smallest absolute Gasteiger partial charge is 0.0991 e. The molecule has 0 spiro atoms. The molecule has 1 aliphatic heterocycles. The molecule has 0 amide bonds. The maximum absolute atomic E-state index is 9.41. The number of nitrogens with one attached hydrogen (secondary N) is 1. The molecule has 0 aliphatic carbocycles. The van der Waals surface area contributed by atoms with Gasteiger partial charge in [0.05, 0.1) is 24.3 Å². The third-order valence-electron chi connectivity index (χ3n) is 3.19. The first-order valence-corrected chi connectivity index (χ1v) is 5.86. The zero-order valence-corrected chi connectivity index (χ0v) is 9.93. The van der Waals surface area contributed by atoms with Crippen molar-refractivity contribution in [3.05, 3.63) is 29.8 Å². The summed E-state index contributed by atoms with van der Waals surface area (Å²) in [4.78, 5) is 2.22. The van der Waals surface area contributed by atoms with Crippen LogP contribution in [0.3, 0.4) is 0 Å². The van der Waals surface area contributed by atoms with E-state index in [-0.39, 0.29) is 12.6 Å². The highest BCUT2D eigenvalue weighted by Crippen LogP contribution is 2.22. The minimum absolute atomic E-state index is 0.103. The lowest BCUT2D eigenvalue weighted by molar-refractivity contribution is 0.235. The maximum atomic E-state index is 9.41. The third-order valence-corrected chi connectivity index (χ3v) is 3.19. The molecule has 1 aromatic rings. The van der Waals surface area contributed by atoms with Gasteiger partial charge in [-0.15, -0.1) is 0 Å². The molecule has 0 radical (unpaired) electrons. The van der Waals surface area contributed by atoms with Crippen molar-refractivity contribution in [1.29, 1.82) is 5.26 Å². The predicted molar refractivity (Wildman–Crippen MR) is 66.8 cm³/mol. The van der Waals surface area contributed by atoms with Gasteiger partial charge in [-0.25, -0.2) is 0 Å². The van der Waals surface area contributed by atoms with Gasteiger partial charge >= 0.3 is 0 Å². The average Bonchev–Trinajstić information content (AvgIpc) is 2.38. The Hall–Kier alpha value is -1.57. The standard InChI is InChI=1S/C13H17N3O/c1-10-7-15-8-13(9-17)16(10)12-4-2-11(6-14)3-5-12/h2-5,10,13,15,17H,7-9H2,1H3. The molecule has 1 aliphatic rings. The Morgan fingerprint density at radius 2 is 2.12 bits per heavy atom. The Morgan fingerprint density at radius 1 is 1.41 bits per heavy atom. The largest absolute Gasteiger partial charge is 0.394 e. The molecule has 17 heavy (non-hydrogen) atoms. The van der Waals surface area contributed by atoms with Crippen LogP contribution in [0, 0.1) is 11.3 Å². The molecule has 1 heterocycles. The van der Waals surface area contributed by atoms with Crippen molar-refractivity contribution < 1.29 is 5.11 Å². The van der Waals surface area contributed by atoms with Crippen LogP contribution in [0.15, 0.2) is 24.3 Å². The van der Waals surface area contributed by atoms with Gasteiger partial charge in [-0.2, -0.15) is 5.26 Å². The third kappa shape index (κ3) is 2.41. The number of hydrogen-bond acceptors (Lipinski definition) is 4. The topological polar surface area (TPSA) is 59.3 Å². The molecule has 2 rings (SSSR count). The Balaban J connectivity index is 2.25. The first-order valence-electron chi connectivity index (χ1n) is 5.86. The van der Waals surface area contributed by atoms with Crippen molar-refractivity contribution >= 4 is 5.69 Å². The zero-order chi connectivity index (χ0) is 12.3. The monoisotopic (exact) mass is 231 g/mol. The van der Waals surface area contributed by atoms with Gasteiger partial charge in [0.25, 0.3) is 0 Å². The lowest BCUT2D eigenvalue weighted by Crippen LogP contribution is -2.57. The summed E-state index contributed by atoms with van der Waals surface area (Å²) in [6.45, 7) is 3.97. The molecule has 0 saturated carbocycles. The van der Waals surface area contributed by atoms with Crippen LogP contribution in [-0.4, -0.2) is 36.9 Å². The second-order valence-electron chi connectivity index (χ2n) is 4.41. The van der Waals surface area contributed by atoms with Crippen LogP contribution in [0.4, 0.5) is 5.69 Å². The molecular formula is C13H17N3O. The maximum Gasteiger partial charge on any atom is 0.0991 e. The van der Waals surface area contributed by atoms with Crippen molar-refractivity contribution in [3.63, 3.8) is 0 Å². The molecule has 0 bridgehead atoms. The Bertz CT molecular complexity index is 410. The first kappa shape index (κ1) is 11.9. The molecule has 2 unspecified atom stereocenters. The van der Waals surface area contributed by atoms with Crippen LogP contribution >= 0.6 is 0 Å². The summed E-state index contributed by atoms with van der Waals surface area (Å²) < 4.78 is 0. The van der Waals surface area contributed by atoms with Crippen molar-refractivity contribution in [3.8, 4) is 6.07 Å². The van der Waals surface area contributed by atoms with Gasteiger partial charge in [0.2, 0.25) is 0 Å². The highest BCUT2D eigenvalue weighted by atomic mass is 16.3. The van der Waals surface area contributed by atoms with Crippen LogP contribution < -0.4 is 10.2 Å². The van der Waals surface area contributed by atoms with Crippen molar-refractivity contribution in [2.45, 2.75) is 19.0 Å². The van der Waals surface area contributed by atoms with E-state index in [1.165, 1.54) is 0 Å². The first-order chi connectivity index (χ1) is 8.26. The summed E-state index contributed by atoms with van der Waals surface area (Å²) in [5.41, 5.74) is 1.73. The normalized spacial score (nSPS) is 24.4. The van der Waals surface area contributed by atoms with E-state index >= 15 is 0 Å². The van der Waals surface area contributed by atoms with Gasteiger partial charge in [-0.3, -0.25) is 0 Å². The fraction of sp³-hybridized carbons (Fsp3) is 0.462. The molecule has 90 valence electrons. The van der Waals surface area contributed by atoms with Crippen LogP contribution in [-0.2, 0) is 0 Å². The molecule has 1 fully saturated rings. The molecule has 2 atom stereocenters. The number of nitriles is 1. The number of benzene rings is 1. The van der Waals surface area contributed by atoms with E-state index in [9.17, 15) is 5.11 Å². The van der Waals surface area contributed by atoms with E-state index < -0.39 is 0 Å². The highest BCUT2D eigenvalue weighted by Gasteiger charge is 2.27. The van der Waals surface area contributed by atoms with E-state index in [1.807, 2.05) is 24.3 Å². The quantitative estimate of drug-likeness (QED) is 0.787. The van der Waals surface area contributed by atoms with E-state index in [1.54, 1.807) is 0 Å². The molecule has 4 nitrogen and oxygen atoms in total. The van der Waals surface area contributed by atoms with Crippen molar-refractivity contribution in [2.24, 2.45) is 0 Å². The highest BCUT2D eigenvalue weighted by molar-refractivity contribution is 5.52. The number of nitrogens with zero attached hydrogens (tertiary/aromatic N) is 2. The fourth-order valence-corrected chi connectivity index (χ4v) is 2.34. The number of aliphatic hydroxyl groups excluding tert-OH is 1. The minimum atomic E-state index is 0.103. The summed E-state index contributed by atoms with van der Waals surface area (Å²) in [6, 6.07) is 10.1. The van der Waals surface area contributed by atoms with E-state index in [4.69, 9.17) is 5.26 Å².